The Hall–Kier alpha value is -1.22. The van der Waals surface area contributed by atoms with E-state index < -0.39 is 0 Å². The molecule has 1 aliphatic rings. The van der Waals surface area contributed by atoms with Crippen LogP contribution in [-0.4, -0.2) is 24.4 Å². The average Bonchev–Trinajstić information content (AvgIpc) is 2.48. The molecule has 0 bridgehead atoms. The zero-order chi connectivity index (χ0) is 14.4. The third-order valence-corrected chi connectivity index (χ3v) is 4.26. The Morgan fingerprint density at radius 2 is 1.90 bits per heavy atom. The predicted octanol–water partition coefficient (Wildman–Crippen LogP) is 3.29. The number of methoxy groups -OCH3 is 1. The summed E-state index contributed by atoms with van der Waals surface area (Å²) in [6, 6.07) is 8.17. The molecule has 0 saturated heterocycles. The van der Waals surface area contributed by atoms with E-state index in [1.165, 1.54) is 0 Å². The SMILES string of the molecule is COc1ccc(CCC(=O)NC2CCC(Cl)CC2)cc1. The minimum Gasteiger partial charge on any atom is -0.497 e. The molecule has 4 heteroatoms. The molecule has 1 aromatic rings. The molecule has 0 atom stereocenters. The first kappa shape index (κ1) is 15.2. The molecular weight excluding hydrogens is 274 g/mol. The van der Waals surface area contributed by atoms with Gasteiger partial charge in [-0.1, -0.05) is 12.1 Å². The van der Waals surface area contributed by atoms with Crippen molar-refractivity contribution in [2.24, 2.45) is 0 Å². The molecular formula is C16H22ClNO2. The molecule has 20 heavy (non-hydrogen) atoms. The fourth-order valence-electron chi connectivity index (χ4n) is 2.55. The van der Waals surface area contributed by atoms with Gasteiger partial charge in [-0.15, -0.1) is 11.6 Å². The number of hydrogen-bond acceptors (Lipinski definition) is 2. The van der Waals surface area contributed by atoms with Crippen molar-refractivity contribution in [3.05, 3.63) is 29.8 Å². The van der Waals surface area contributed by atoms with Gasteiger partial charge in [0.15, 0.2) is 0 Å². The van der Waals surface area contributed by atoms with E-state index in [2.05, 4.69) is 5.32 Å². The molecule has 3 nitrogen and oxygen atoms in total. The molecule has 1 amide bonds. The molecule has 0 aliphatic heterocycles. The molecule has 0 unspecified atom stereocenters. The Labute approximate surface area is 125 Å². The maximum atomic E-state index is 11.9. The lowest BCUT2D eigenvalue weighted by Gasteiger charge is -2.25. The normalized spacial score (nSPS) is 22.3. The number of ether oxygens (including phenoxy) is 1. The maximum Gasteiger partial charge on any atom is 0.220 e. The Balaban J connectivity index is 1.71. The molecule has 2 rings (SSSR count). The van der Waals surface area contributed by atoms with Crippen molar-refractivity contribution < 1.29 is 9.53 Å². The highest BCUT2D eigenvalue weighted by Crippen LogP contribution is 2.22. The van der Waals surface area contributed by atoms with Gasteiger partial charge >= 0.3 is 0 Å². The zero-order valence-electron chi connectivity index (χ0n) is 11.9. The van der Waals surface area contributed by atoms with Crippen LogP contribution in [-0.2, 0) is 11.2 Å². The van der Waals surface area contributed by atoms with Crippen molar-refractivity contribution in [1.29, 1.82) is 0 Å². The number of alkyl halides is 1. The van der Waals surface area contributed by atoms with Crippen molar-refractivity contribution in [3.8, 4) is 5.75 Å². The van der Waals surface area contributed by atoms with E-state index in [1.807, 2.05) is 24.3 Å². The van der Waals surface area contributed by atoms with E-state index in [-0.39, 0.29) is 5.91 Å². The molecule has 0 radical (unpaired) electrons. The quantitative estimate of drug-likeness (QED) is 0.847. The summed E-state index contributed by atoms with van der Waals surface area (Å²) in [7, 11) is 1.65. The number of carbonyl (C=O) groups is 1. The van der Waals surface area contributed by atoms with Gasteiger partial charge in [-0.3, -0.25) is 4.79 Å². The monoisotopic (exact) mass is 295 g/mol. The molecule has 0 aromatic heterocycles. The molecule has 1 N–H and O–H groups in total. The summed E-state index contributed by atoms with van der Waals surface area (Å²) in [5, 5.41) is 3.40. The van der Waals surface area contributed by atoms with Crippen LogP contribution >= 0.6 is 11.6 Å². The third kappa shape index (κ3) is 4.71. The highest BCUT2D eigenvalue weighted by molar-refractivity contribution is 6.20. The number of hydrogen-bond donors (Lipinski definition) is 1. The topological polar surface area (TPSA) is 38.3 Å². The second kappa shape index (κ2) is 7.53. The number of benzene rings is 1. The molecule has 1 aromatic carbocycles. The van der Waals surface area contributed by atoms with Crippen LogP contribution in [0.15, 0.2) is 24.3 Å². The standard InChI is InChI=1S/C16H22ClNO2/c1-20-15-9-2-12(3-10-15)4-11-16(19)18-14-7-5-13(17)6-8-14/h2-3,9-10,13-14H,4-8,11H2,1H3,(H,18,19). The van der Waals surface area contributed by atoms with Gasteiger partial charge in [0.25, 0.3) is 0 Å². The largest absolute Gasteiger partial charge is 0.497 e. The number of carbonyl (C=O) groups excluding carboxylic acids is 1. The number of amides is 1. The van der Waals surface area contributed by atoms with Crippen LogP contribution in [0.5, 0.6) is 5.75 Å². The van der Waals surface area contributed by atoms with Crippen LogP contribution in [0.4, 0.5) is 0 Å². The minimum atomic E-state index is 0.138. The first-order valence-electron chi connectivity index (χ1n) is 7.23. The Bertz CT molecular complexity index is 425. The van der Waals surface area contributed by atoms with Gasteiger partial charge in [0, 0.05) is 17.8 Å². The van der Waals surface area contributed by atoms with Gasteiger partial charge < -0.3 is 10.1 Å². The lowest BCUT2D eigenvalue weighted by atomic mass is 9.95. The van der Waals surface area contributed by atoms with Gasteiger partial charge in [-0.05, 0) is 49.8 Å². The summed E-state index contributed by atoms with van der Waals surface area (Å²) < 4.78 is 5.11. The fraction of sp³-hybridized carbons (Fsp3) is 0.562. The minimum absolute atomic E-state index is 0.138. The highest BCUT2D eigenvalue weighted by atomic mass is 35.5. The van der Waals surface area contributed by atoms with Crippen molar-refractivity contribution in [2.45, 2.75) is 49.9 Å². The number of nitrogens with one attached hydrogen (secondary N) is 1. The molecule has 0 spiro atoms. The van der Waals surface area contributed by atoms with Gasteiger partial charge in [0.1, 0.15) is 5.75 Å². The van der Waals surface area contributed by atoms with E-state index in [1.54, 1.807) is 7.11 Å². The van der Waals surface area contributed by atoms with Crippen molar-refractivity contribution in [3.63, 3.8) is 0 Å². The van der Waals surface area contributed by atoms with Gasteiger partial charge in [-0.25, -0.2) is 0 Å². The average molecular weight is 296 g/mol. The highest BCUT2D eigenvalue weighted by Gasteiger charge is 2.20. The molecule has 1 fully saturated rings. The third-order valence-electron chi connectivity index (χ3n) is 3.82. The fourth-order valence-corrected chi connectivity index (χ4v) is 2.80. The van der Waals surface area contributed by atoms with Crippen molar-refractivity contribution in [2.75, 3.05) is 7.11 Å². The second-order valence-corrected chi connectivity index (χ2v) is 5.98. The van der Waals surface area contributed by atoms with Crippen LogP contribution in [0, 0.1) is 0 Å². The van der Waals surface area contributed by atoms with Crippen molar-refractivity contribution >= 4 is 17.5 Å². The van der Waals surface area contributed by atoms with Crippen molar-refractivity contribution in [1.82, 2.24) is 5.32 Å². The molecule has 1 aliphatic carbocycles. The van der Waals surface area contributed by atoms with Crippen LogP contribution in [0.1, 0.15) is 37.7 Å². The first-order chi connectivity index (χ1) is 9.67. The van der Waals surface area contributed by atoms with E-state index in [4.69, 9.17) is 16.3 Å². The lowest BCUT2D eigenvalue weighted by Crippen LogP contribution is -2.37. The number of aryl methyl sites for hydroxylation is 1. The van der Waals surface area contributed by atoms with E-state index in [0.29, 0.717) is 17.8 Å². The maximum absolute atomic E-state index is 11.9. The predicted molar refractivity (Wildman–Crippen MR) is 81.4 cm³/mol. The summed E-state index contributed by atoms with van der Waals surface area (Å²) >= 11 is 6.06. The van der Waals surface area contributed by atoms with Gasteiger partial charge in [0.2, 0.25) is 5.91 Å². The Kier molecular flexibility index (Phi) is 5.72. The Morgan fingerprint density at radius 1 is 1.25 bits per heavy atom. The molecule has 1 saturated carbocycles. The molecule has 110 valence electrons. The summed E-state index contributed by atoms with van der Waals surface area (Å²) in [5.41, 5.74) is 1.16. The smallest absolute Gasteiger partial charge is 0.220 e. The van der Waals surface area contributed by atoms with E-state index in [0.717, 1.165) is 43.4 Å². The van der Waals surface area contributed by atoms with Gasteiger partial charge in [-0.2, -0.15) is 0 Å². The molecule has 0 heterocycles. The first-order valence-corrected chi connectivity index (χ1v) is 7.67. The summed E-state index contributed by atoms with van der Waals surface area (Å²) in [5.74, 6) is 0.981. The summed E-state index contributed by atoms with van der Waals surface area (Å²) in [6.07, 6.45) is 5.31. The van der Waals surface area contributed by atoms with Crippen LogP contribution in [0.25, 0.3) is 0 Å². The van der Waals surface area contributed by atoms with Crippen LogP contribution in [0.3, 0.4) is 0 Å². The van der Waals surface area contributed by atoms with Crippen LogP contribution in [0.2, 0.25) is 0 Å². The number of halogens is 1. The van der Waals surface area contributed by atoms with Gasteiger partial charge in [0.05, 0.1) is 7.11 Å². The number of rotatable bonds is 5. The summed E-state index contributed by atoms with van der Waals surface area (Å²) in [4.78, 5) is 11.9. The zero-order valence-corrected chi connectivity index (χ0v) is 12.7. The van der Waals surface area contributed by atoms with E-state index in [9.17, 15) is 4.79 Å². The van der Waals surface area contributed by atoms with Crippen LogP contribution < -0.4 is 10.1 Å². The lowest BCUT2D eigenvalue weighted by molar-refractivity contribution is -0.121. The second-order valence-electron chi connectivity index (χ2n) is 5.36. The Morgan fingerprint density at radius 3 is 2.50 bits per heavy atom. The van der Waals surface area contributed by atoms with E-state index >= 15 is 0 Å². The summed E-state index contributed by atoms with van der Waals surface area (Å²) in [6.45, 7) is 0.